The number of rotatable bonds is 3. The monoisotopic (exact) mass is 349 g/mol. The molecule has 126 valence electrons. The molecule has 1 aliphatic carbocycles. The average molecular weight is 349 g/mol. The van der Waals surface area contributed by atoms with Gasteiger partial charge in [-0.25, -0.2) is 8.42 Å². The summed E-state index contributed by atoms with van der Waals surface area (Å²) in [6.07, 6.45) is 2.75. The van der Waals surface area contributed by atoms with E-state index in [4.69, 9.17) is 0 Å². The lowest BCUT2D eigenvalue weighted by Gasteiger charge is -2.22. The molecule has 0 atom stereocenters. The van der Waals surface area contributed by atoms with Crippen molar-refractivity contribution in [3.05, 3.63) is 83.4 Å². The molecule has 3 aromatic rings. The Balaban J connectivity index is 1.77. The van der Waals surface area contributed by atoms with Gasteiger partial charge in [0.15, 0.2) is 0 Å². The second kappa shape index (κ2) is 5.74. The van der Waals surface area contributed by atoms with Crippen LogP contribution in [0.2, 0.25) is 0 Å². The first-order valence-corrected chi connectivity index (χ1v) is 9.69. The number of nitrogens with zero attached hydrogens (tertiary/aromatic N) is 1. The lowest BCUT2D eigenvalue weighted by atomic mass is 10.00. The van der Waals surface area contributed by atoms with Crippen molar-refractivity contribution in [3.8, 4) is 0 Å². The summed E-state index contributed by atoms with van der Waals surface area (Å²) in [5, 5.41) is 2.37. The Morgan fingerprint density at radius 1 is 0.920 bits per heavy atom. The lowest BCUT2D eigenvalue weighted by molar-refractivity contribution is 0.546. The van der Waals surface area contributed by atoms with Gasteiger partial charge in [0.1, 0.15) is 0 Å². The van der Waals surface area contributed by atoms with E-state index in [9.17, 15) is 8.42 Å². The molecule has 4 heteroatoms. The highest BCUT2D eigenvalue weighted by Crippen LogP contribution is 2.36. The molecule has 0 fully saturated rings. The van der Waals surface area contributed by atoms with Gasteiger partial charge in [0, 0.05) is 12.6 Å². The summed E-state index contributed by atoms with van der Waals surface area (Å²) >= 11 is 0. The zero-order valence-corrected chi connectivity index (χ0v) is 15.0. The molecule has 0 heterocycles. The number of fused-ring (bicyclic) bond motifs is 3. The zero-order chi connectivity index (χ0) is 17.6. The molecule has 0 saturated heterocycles. The smallest absolute Gasteiger partial charge is 0.264 e. The zero-order valence-electron chi connectivity index (χ0n) is 14.2. The molecule has 4 rings (SSSR count). The van der Waals surface area contributed by atoms with Gasteiger partial charge in [0.25, 0.3) is 10.0 Å². The van der Waals surface area contributed by atoms with Crippen molar-refractivity contribution in [2.45, 2.75) is 18.2 Å². The molecule has 3 aromatic carbocycles. The van der Waals surface area contributed by atoms with Crippen molar-refractivity contribution in [2.75, 3.05) is 7.05 Å². The number of aryl methyl sites for hydroxylation is 1. The van der Waals surface area contributed by atoms with Crippen molar-refractivity contribution in [1.82, 2.24) is 4.31 Å². The van der Waals surface area contributed by atoms with Crippen LogP contribution in [0.15, 0.2) is 71.6 Å². The topological polar surface area (TPSA) is 37.4 Å². The molecule has 3 nitrogen and oxygen atoms in total. The van der Waals surface area contributed by atoms with Crippen molar-refractivity contribution < 1.29 is 8.42 Å². The molecule has 0 aliphatic heterocycles. The SMILES string of the molecule is Cc1ccc(S(=O)(=O)N(C)C2=CCc3c2ccc2ccccc32)cc1. The van der Waals surface area contributed by atoms with Crippen LogP contribution in [0.3, 0.4) is 0 Å². The van der Waals surface area contributed by atoms with Gasteiger partial charge in [-0.1, -0.05) is 60.2 Å². The first-order valence-electron chi connectivity index (χ1n) is 8.25. The van der Waals surface area contributed by atoms with E-state index in [2.05, 4.69) is 18.2 Å². The normalized spacial score (nSPS) is 13.6. The predicted molar refractivity (Wildman–Crippen MR) is 102 cm³/mol. The summed E-state index contributed by atoms with van der Waals surface area (Å²) in [5.41, 5.74) is 3.98. The van der Waals surface area contributed by atoms with Crippen molar-refractivity contribution >= 4 is 26.5 Å². The van der Waals surface area contributed by atoms with Crippen molar-refractivity contribution in [3.63, 3.8) is 0 Å². The number of benzene rings is 3. The van der Waals surface area contributed by atoms with Crippen LogP contribution in [-0.2, 0) is 16.4 Å². The van der Waals surface area contributed by atoms with Crippen LogP contribution >= 0.6 is 0 Å². The molecule has 0 saturated carbocycles. The number of hydrogen-bond donors (Lipinski definition) is 0. The fourth-order valence-corrected chi connectivity index (χ4v) is 4.63. The van der Waals surface area contributed by atoms with Crippen molar-refractivity contribution in [1.29, 1.82) is 0 Å². The van der Waals surface area contributed by atoms with E-state index < -0.39 is 10.0 Å². The van der Waals surface area contributed by atoms with E-state index in [0.717, 1.165) is 23.2 Å². The fourth-order valence-electron chi connectivity index (χ4n) is 3.40. The van der Waals surface area contributed by atoms with Gasteiger partial charge < -0.3 is 0 Å². The minimum atomic E-state index is -3.57. The second-order valence-corrected chi connectivity index (χ2v) is 8.36. The van der Waals surface area contributed by atoms with Gasteiger partial charge >= 0.3 is 0 Å². The van der Waals surface area contributed by atoms with Crippen LogP contribution in [0, 0.1) is 6.92 Å². The summed E-state index contributed by atoms with van der Waals surface area (Å²) < 4.78 is 27.4. The highest BCUT2D eigenvalue weighted by molar-refractivity contribution is 7.89. The Hall–Kier alpha value is -2.59. The minimum absolute atomic E-state index is 0.315. The molecule has 0 amide bonds. The van der Waals surface area contributed by atoms with Gasteiger partial charge in [-0.2, -0.15) is 0 Å². The Labute approximate surface area is 148 Å². The average Bonchev–Trinajstić information content (AvgIpc) is 3.05. The minimum Gasteiger partial charge on any atom is -0.269 e. The number of allylic oxidation sites excluding steroid dienone is 1. The van der Waals surface area contributed by atoms with Gasteiger partial charge in [-0.05, 0) is 41.8 Å². The Bertz CT molecular complexity index is 1100. The first-order chi connectivity index (χ1) is 12.0. The van der Waals surface area contributed by atoms with E-state index in [1.165, 1.54) is 20.6 Å². The lowest BCUT2D eigenvalue weighted by Crippen LogP contribution is -2.25. The van der Waals surface area contributed by atoms with Crippen LogP contribution in [0.25, 0.3) is 16.5 Å². The van der Waals surface area contributed by atoms with Crippen LogP contribution in [0.4, 0.5) is 0 Å². The van der Waals surface area contributed by atoms with Crippen LogP contribution < -0.4 is 0 Å². The third kappa shape index (κ3) is 2.53. The van der Waals surface area contributed by atoms with Gasteiger partial charge in [-0.15, -0.1) is 0 Å². The van der Waals surface area contributed by atoms with E-state index in [-0.39, 0.29) is 0 Å². The van der Waals surface area contributed by atoms with Gasteiger partial charge in [0.2, 0.25) is 0 Å². The highest BCUT2D eigenvalue weighted by atomic mass is 32.2. The van der Waals surface area contributed by atoms with E-state index in [1.54, 1.807) is 19.2 Å². The molecule has 0 N–H and O–H groups in total. The summed E-state index contributed by atoms with van der Waals surface area (Å²) in [7, 11) is -1.94. The number of sulfonamides is 1. The summed E-state index contributed by atoms with van der Waals surface area (Å²) in [6, 6.07) is 19.3. The van der Waals surface area contributed by atoms with Gasteiger partial charge in [0.05, 0.1) is 10.6 Å². The Morgan fingerprint density at radius 3 is 2.40 bits per heavy atom. The third-order valence-corrected chi connectivity index (χ3v) is 6.62. The molecular weight excluding hydrogens is 330 g/mol. The highest BCUT2D eigenvalue weighted by Gasteiger charge is 2.27. The molecule has 0 aromatic heterocycles. The maximum Gasteiger partial charge on any atom is 0.264 e. The maximum atomic E-state index is 13.0. The van der Waals surface area contributed by atoms with Crippen LogP contribution in [0.1, 0.15) is 16.7 Å². The quantitative estimate of drug-likeness (QED) is 0.704. The van der Waals surface area contributed by atoms with E-state index in [1.807, 2.05) is 43.3 Å². The van der Waals surface area contributed by atoms with Crippen molar-refractivity contribution in [2.24, 2.45) is 0 Å². The Morgan fingerprint density at radius 2 is 1.64 bits per heavy atom. The standard InChI is InChI=1S/C21H19NO2S/c1-15-7-10-17(11-8-15)25(23,24)22(2)21-14-13-19-18-6-4-3-5-16(18)9-12-20(19)21/h3-12,14H,13H2,1-2H3. The molecular formula is C21H19NO2S. The largest absolute Gasteiger partial charge is 0.269 e. The molecule has 0 bridgehead atoms. The number of hydrogen-bond acceptors (Lipinski definition) is 2. The van der Waals surface area contributed by atoms with E-state index >= 15 is 0 Å². The third-order valence-electron chi connectivity index (χ3n) is 4.83. The first kappa shape index (κ1) is 15.9. The molecule has 0 spiro atoms. The van der Waals surface area contributed by atoms with Crippen LogP contribution in [0.5, 0.6) is 0 Å². The second-order valence-electron chi connectivity index (χ2n) is 6.39. The summed E-state index contributed by atoms with van der Waals surface area (Å²) in [5.74, 6) is 0. The van der Waals surface area contributed by atoms with E-state index in [0.29, 0.717) is 4.90 Å². The molecule has 25 heavy (non-hydrogen) atoms. The predicted octanol–water partition coefficient (Wildman–Crippen LogP) is 4.37. The van der Waals surface area contributed by atoms with Gasteiger partial charge in [-0.3, -0.25) is 4.31 Å². The molecule has 0 radical (unpaired) electrons. The Kier molecular flexibility index (Phi) is 3.65. The molecule has 0 unspecified atom stereocenters. The maximum absolute atomic E-state index is 13.0. The summed E-state index contributed by atoms with van der Waals surface area (Å²) in [6.45, 7) is 1.95. The van der Waals surface area contributed by atoms with Crippen LogP contribution in [-0.4, -0.2) is 19.8 Å². The molecule has 1 aliphatic rings. The fraction of sp³-hybridized carbons (Fsp3) is 0.143. The summed E-state index contributed by atoms with van der Waals surface area (Å²) in [4.78, 5) is 0.315.